The average Bonchev–Trinajstić information content (AvgIpc) is 2.88. The minimum absolute atomic E-state index is 0.952. The van der Waals surface area contributed by atoms with Crippen molar-refractivity contribution in [1.29, 1.82) is 0 Å². The predicted octanol–water partition coefficient (Wildman–Crippen LogP) is 5.00. The van der Waals surface area contributed by atoms with Gasteiger partial charge in [-0.05, 0) is 44.0 Å². The molecule has 2 aromatic carbocycles. The molecule has 0 N–H and O–H groups in total. The first kappa shape index (κ1) is 14.0. The molecule has 114 valence electrons. The summed E-state index contributed by atoms with van der Waals surface area (Å²) in [7, 11) is 2.08. The Morgan fingerprint density at radius 3 is 2.43 bits per heavy atom. The number of furan rings is 1. The normalized spacial score (nSPS) is 11.5. The van der Waals surface area contributed by atoms with Gasteiger partial charge in [0.15, 0.2) is 6.20 Å². The molecule has 0 atom stereocenters. The summed E-state index contributed by atoms with van der Waals surface area (Å²) in [6.07, 6.45) is 2.11. The van der Waals surface area contributed by atoms with E-state index in [1.165, 1.54) is 38.7 Å². The molecule has 4 rings (SSSR count). The van der Waals surface area contributed by atoms with Crippen LogP contribution < -0.4 is 4.57 Å². The molecule has 0 spiro atoms. The number of hydrogen-bond acceptors (Lipinski definition) is 1. The fourth-order valence-corrected chi connectivity index (χ4v) is 3.29. The van der Waals surface area contributed by atoms with E-state index in [1.807, 2.05) is 0 Å². The molecule has 0 saturated carbocycles. The highest BCUT2D eigenvalue weighted by Gasteiger charge is 2.20. The summed E-state index contributed by atoms with van der Waals surface area (Å²) in [5.74, 6) is 0. The number of hydrogen-bond donors (Lipinski definition) is 0. The third kappa shape index (κ3) is 2.14. The molecule has 23 heavy (non-hydrogen) atoms. The van der Waals surface area contributed by atoms with E-state index >= 15 is 0 Å². The molecule has 0 radical (unpaired) electrons. The Morgan fingerprint density at radius 2 is 1.61 bits per heavy atom. The zero-order chi connectivity index (χ0) is 16.1. The van der Waals surface area contributed by atoms with E-state index in [2.05, 4.69) is 81.0 Å². The Bertz CT molecular complexity index is 1060. The number of nitrogens with zero attached hydrogens (tertiary/aromatic N) is 1. The van der Waals surface area contributed by atoms with Crippen LogP contribution in [0.3, 0.4) is 0 Å². The average molecular weight is 302 g/mol. The molecule has 0 aliphatic rings. The third-order valence-electron chi connectivity index (χ3n) is 4.56. The van der Waals surface area contributed by atoms with Gasteiger partial charge in [-0.1, -0.05) is 23.8 Å². The van der Waals surface area contributed by atoms with Crippen molar-refractivity contribution in [2.75, 3.05) is 0 Å². The van der Waals surface area contributed by atoms with Gasteiger partial charge in [0, 0.05) is 22.9 Å². The molecule has 0 aliphatic carbocycles. The first-order valence-electron chi connectivity index (χ1n) is 7.94. The highest BCUT2D eigenvalue weighted by atomic mass is 16.3. The second-order valence-corrected chi connectivity index (χ2v) is 6.44. The quantitative estimate of drug-likeness (QED) is 0.452. The first-order valence-corrected chi connectivity index (χ1v) is 7.94. The van der Waals surface area contributed by atoms with Gasteiger partial charge < -0.3 is 4.42 Å². The molecule has 0 unspecified atom stereocenters. The van der Waals surface area contributed by atoms with E-state index < -0.39 is 0 Å². The monoisotopic (exact) mass is 302 g/mol. The molecule has 2 aromatic heterocycles. The summed E-state index contributed by atoms with van der Waals surface area (Å²) in [6.45, 7) is 6.39. The van der Waals surface area contributed by atoms with E-state index in [9.17, 15) is 0 Å². The van der Waals surface area contributed by atoms with Crippen LogP contribution in [-0.4, -0.2) is 0 Å². The molecule has 2 heteroatoms. The highest BCUT2D eigenvalue weighted by Crippen LogP contribution is 2.37. The fraction of sp³-hybridized carbons (Fsp3) is 0.190. The second kappa shape index (κ2) is 4.95. The summed E-state index contributed by atoms with van der Waals surface area (Å²) in [6, 6.07) is 15.1. The molecule has 4 aromatic rings. The Morgan fingerprint density at radius 1 is 0.826 bits per heavy atom. The van der Waals surface area contributed by atoms with Gasteiger partial charge in [0.1, 0.15) is 18.2 Å². The molecular weight excluding hydrogens is 282 g/mol. The van der Waals surface area contributed by atoms with Gasteiger partial charge in [0.05, 0.1) is 5.56 Å². The Kier molecular flexibility index (Phi) is 3.02. The first-order chi connectivity index (χ1) is 11.0. The second-order valence-electron chi connectivity index (χ2n) is 6.44. The molecule has 2 heterocycles. The largest absolute Gasteiger partial charge is 0.455 e. The molecule has 0 aliphatic heterocycles. The van der Waals surface area contributed by atoms with Crippen molar-refractivity contribution in [2.45, 2.75) is 20.8 Å². The van der Waals surface area contributed by atoms with Crippen LogP contribution in [0.1, 0.15) is 16.7 Å². The Balaban J connectivity index is 2.16. The van der Waals surface area contributed by atoms with E-state index in [1.54, 1.807) is 0 Å². The van der Waals surface area contributed by atoms with Crippen LogP contribution in [0.4, 0.5) is 0 Å². The smallest absolute Gasteiger partial charge is 0.216 e. The standard InChI is InChI=1S/C21H20NO/c1-13-5-8-19-17(11-13)16-7-6-15(3)20(21(16)23-19)18-12-14(2)9-10-22(18)4/h5-12H,1-4H3/q+1. The van der Waals surface area contributed by atoms with Crippen molar-refractivity contribution in [3.8, 4) is 11.3 Å². The van der Waals surface area contributed by atoms with Gasteiger partial charge in [0.25, 0.3) is 0 Å². The predicted molar refractivity (Wildman–Crippen MR) is 94.5 cm³/mol. The van der Waals surface area contributed by atoms with Gasteiger partial charge in [-0.15, -0.1) is 0 Å². The lowest BCUT2D eigenvalue weighted by molar-refractivity contribution is -0.660. The SMILES string of the molecule is Cc1cc[n+](C)c(-c2c(C)ccc3c2oc2ccc(C)cc23)c1. The van der Waals surface area contributed by atoms with Gasteiger partial charge in [0.2, 0.25) is 5.69 Å². The minimum Gasteiger partial charge on any atom is -0.455 e. The lowest BCUT2D eigenvalue weighted by atomic mass is 9.99. The van der Waals surface area contributed by atoms with Crippen molar-refractivity contribution in [2.24, 2.45) is 7.05 Å². The summed E-state index contributed by atoms with van der Waals surface area (Å²) in [4.78, 5) is 0. The lowest BCUT2D eigenvalue weighted by Gasteiger charge is -2.06. The van der Waals surface area contributed by atoms with Crippen LogP contribution in [0.2, 0.25) is 0 Å². The van der Waals surface area contributed by atoms with Crippen LogP contribution >= 0.6 is 0 Å². The zero-order valence-corrected chi connectivity index (χ0v) is 14.0. The number of fused-ring (bicyclic) bond motifs is 3. The van der Waals surface area contributed by atoms with Gasteiger partial charge in [-0.3, -0.25) is 0 Å². The van der Waals surface area contributed by atoms with Crippen molar-refractivity contribution < 1.29 is 8.98 Å². The molecular formula is C21H20NO+. The summed E-state index contributed by atoms with van der Waals surface area (Å²) < 4.78 is 8.42. The number of aromatic nitrogens is 1. The third-order valence-corrected chi connectivity index (χ3v) is 4.56. The maximum atomic E-state index is 6.26. The maximum absolute atomic E-state index is 6.26. The van der Waals surface area contributed by atoms with Gasteiger partial charge in [-0.2, -0.15) is 0 Å². The van der Waals surface area contributed by atoms with Crippen molar-refractivity contribution in [1.82, 2.24) is 0 Å². The van der Waals surface area contributed by atoms with E-state index in [-0.39, 0.29) is 0 Å². The molecule has 0 saturated heterocycles. The Labute approximate surface area is 136 Å². The minimum atomic E-state index is 0.952. The van der Waals surface area contributed by atoms with Crippen LogP contribution in [0.5, 0.6) is 0 Å². The zero-order valence-electron chi connectivity index (χ0n) is 14.0. The van der Waals surface area contributed by atoms with Crippen molar-refractivity contribution in [3.05, 3.63) is 65.4 Å². The van der Waals surface area contributed by atoms with E-state index in [0.717, 1.165) is 11.2 Å². The maximum Gasteiger partial charge on any atom is 0.216 e. The molecule has 0 fully saturated rings. The Hall–Kier alpha value is -2.61. The topological polar surface area (TPSA) is 17.0 Å². The van der Waals surface area contributed by atoms with E-state index in [4.69, 9.17) is 4.42 Å². The number of benzene rings is 2. The lowest BCUT2D eigenvalue weighted by Crippen LogP contribution is -2.30. The van der Waals surface area contributed by atoms with Crippen molar-refractivity contribution in [3.63, 3.8) is 0 Å². The van der Waals surface area contributed by atoms with Crippen molar-refractivity contribution >= 4 is 21.9 Å². The fourth-order valence-electron chi connectivity index (χ4n) is 3.29. The highest BCUT2D eigenvalue weighted by molar-refractivity contribution is 6.09. The number of aryl methyl sites for hydroxylation is 4. The van der Waals surface area contributed by atoms with E-state index in [0.29, 0.717) is 0 Å². The van der Waals surface area contributed by atoms with Crippen LogP contribution in [-0.2, 0) is 7.05 Å². The molecule has 2 nitrogen and oxygen atoms in total. The van der Waals surface area contributed by atoms with Gasteiger partial charge >= 0.3 is 0 Å². The molecule has 0 amide bonds. The summed E-state index contributed by atoms with van der Waals surface area (Å²) in [5.41, 5.74) is 8.03. The summed E-state index contributed by atoms with van der Waals surface area (Å²) >= 11 is 0. The van der Waals surface area contributed by atoms with Crippen LogP contribution in [0.15, 0.2) is 53.1 Å². The number of rotatable bonds is 1. The van der Waals surface area contributed by atoms with Crippen LogP contribution in [0.25, 0.3) is 33.2 Å². The molecule has 0 bridgehead atoms. The van der Waals surface area contributed by atoms with Gasteiger partial charge in [-0.25, -0.2) is 4.57 Å². The van der Waals surface area contributed by atoms with Crippen LogP contribution in [0, 0.1) is 20.8 Å². The number of pyridine rings is 1. The summed E-state index contributed by atoms with van der Waals surface area (Å²) in [5, 5.41) is 2.38.